The van der Waals surface area contributed by atoms with E-state index in [0.717, 1.165) is 22.5 Å². The van der Waals surface area contributed by atoms with E-state index in [0.29, 0.717) is 12.8 Å². The summed E-state index contributed by atoms with van der Waals surface area (Å²) in [4.78, 5) is 0. The minimum Gasteiger partial charge on any atom is -0.454 e. The molecule has 1 aromatic rings. The normalized spacial score (nSPS) is 22.1. The molecule has 17 heavy (non-hydrogen) atoms. The molecule has 5 heteroatoms. The minimum atomic E-state index is 0.323. The number of hydrogen-bond acceptors (Lipinski definition) is 4. The Labute approximate surface area is 113 Å². The molecule has 3 rings (SSSR count). The van der Waals surface area contributed by atoms with Crippen molar-refractivity contribution in [2.75, 3.05) is 18.3 Å². The molecule has 3 nitrogen and oxygen atoms in total. The fourth-order valence-corrected chi connectivity index (χ4v) is 3.87. The van der Waals surface area contributed by atoms with Gasteiger partial charge in [-0.25, -0.2) is 0 Å². The number of thioether (sulfide) groups is 1. The second-order valence-electron chi connectivity index (χ2n) is 4.25. The summed E-state index contributed by atoms with van der Waals surface area (Å²) in [5, 5.41) is 3.58. The first-order valence-electron chi connectivity index (χ1n) is 5.72. The van der Waals surface area contributed by atoms with Crippen LogP contribution in [0.1, 0.15) is 12.0 Å². The SMILES string of the molecule is Brc1cc(CNC2CCSC2)cc2c1OCO2. The van der Waals surface area contributed by atoms with Crippen LogP contribution in [0, 0.1) is 0 Å². The monoisotopic (exact) mass is 315 g/mol. The molecule has 0 aliphatic carbocycles. The van der Waals surface area contributed by atoms with Crippen molar-refractivity contribution in [3.05, 3.63) is 22.2 Å². The Kier molecular flexibility index (Phi) is 3.49. The van der Waals surface area contributed by atoms with Gasteiger partial charge >= 0.3 is 0 Å². The average Bonchev–Trinajstić information content (AvgIpc) is 2.97. The van der Waals surface area contributed by atoms with Gasteiger partial charge in [0.15, 0.2) is 11.5 Å². The number of fused-ring (bicyclic) bond motifs is 1. The fourth-order valence-electron chi connectivity index (χ4n) is 2.08. The third kappa shape index (κ3) is 2.56. The lowest BCUT2D eigenvalue weighted by atomic mass is 10.2. The highest BCUT2D eigenvalue weighted by molar-refractivity contribution is 9.10. The van der Waals surface area contributed by atoms with Gasteiger partial charge in [-0.1, -0.05) is 0 Å². The molecule has 1 aromatic carbocycles. The van der Waals surface area contributed by atoms with Crippen molar-refractivity contribution < 1.29 is 9.47 Å². The fraction of sp³-hybridized carbons (Fsp3) is 0.500. The van der Waals surface area contributed by atoms with E-state index >= 15 is 0 Å². The molecule has 1 fully saturated rings. The Morgan fingerprint density at radius 3 is 3.18 bits per heavy atom. The number of rotatable bonds is 3. The standard InChI is InChI=1S/C12H14BrNO2S/c13-10-3-8(4-11-12(10)16-7-15-11)5-14-9-1-2-17-6-9/h3-4,9,14H,1-2,5-7H2. The molecule has 0 aromatic heterocycles. The van der Waals surface area contributed by atoms with Crippen LogP contribution in [0.3, 0.4) is 0 Å². The maximum absolute atomic E-state index is 5.41. The smallest absolute Gasteiger partial charge is 0.231 e. The van der Waals surface area contributed by atoms with Gasteiger partial charge in [-0.15, -0.1) is 0 Å². The molecular weight excluding hydrogens is 302 g/mol. The first-order chi connectivity index (χ1) is 8.33. The summed E-state index contributed by atoms with van der Waals surface area (Å²) >= 11 is 5.54. The van der Waals surface area contributed by atoms with E-state index in [9.17, 15) is 0 Å². The van der Waals surface area contributed by atoms with Crippen molar-refractivity contribution in [2.45, 2.75) is 19.0 Å². The van der Waals surface area contributed by atoms with Gasteiger partial charge < -0.3 is 14.8 Å². The minimum absolute atomic E-state index is 0.323. The molecule has 0 spiro atoms. The summed E-state index contributed by atoms with van der Waals surface area (Å²) in [5.74, 6) is 4.18. The molecule has 2 heterocycles. The van der Waals surface area contributed by atoms with Crippen molar-refractivity contribution >= 4 is 27.7 Å². The van der Waals surface area contributed by atoms with Gasteiger partial charge in [0.05, 0.1) is 4.47 Å². The van der Waals surface area contributed by atoms with Gasteiger partial charge in [-0.2, -0.15) is 11.8 Å². The van der Waals surface area contributed by atoms with Gasteiger partial charge in [0.2, 0.25) is 6.79 Å². The third-order valence-electron chi connectivity index (χ3n) is 3.01. The Bertz CT molecular complexity index is 421. The molecule has 2 aliphatic heterocycles. The van der Waals surface area contributed by atoms with Gasteiger partial charge in [0.1, 0.15) is 0 Å². The van der Waals surface area contributed by atoms with Crippen molar-refractivity contribution in [3.8, 4) is 11.5 Å². The van der Waals surface area contributed by atoms with Crippen LogP contribution in [-0.2, 0) is 6.54 Å². The number of hydrogen-bond donors (Lipinski definition) is 1. The number of ether oxygens (including phenoxy) is 2. The van der Waals surface area contributed by atoms with Crippen LogP contribution in [0.5, 0.6) is 11.5 Å². The first-order valence-corrected chi connectivity index (χ1v) is 7.67. The Hall–Kier alpha value is -0.390. The zero-order chi connectivity index (χ0) is 11.7. The van der Waals surface area contributed by atoms with Crippen LogP contribution in [0.2, 0.25) is 0 Å². The number of benzene rings is 1. The van der Waals surface area contributed by atoms with E-state index < -0.39 is 0 Å². The molecule has 0 bridgehead atoms. The van der Waals surface area contributed by atoms with Gasteiger partial charge in [0, 0.05) is 18.3 Å². The first kappa shape index (κ1) is 11.7. The zero-order valence-electron chi connectivity index (χ0n) is 9.37. The lowest BCUT2D eigenvalue weighted by Gasteiger charge is -2.11. The molecule has 1 saturated heterocycles. The van der Waals surface area contributed by atoms with Crippen LogP contribution < -0.4 is 14.8 Å². The summed E-state index contributed by atoms with van der Waals surface area (Å²) in [6.07, 6.45) is 1.27. The van der Waals surface area contributed by atoms with E-state index in [4.69, 9.17) is 9.47 Å². The van der Waals surface area contributed by atoms with Crippen molar-refractivity contribution in [1.82, 2.24) is 5.32 Å². The summed E-state index contributed by atoms with van der Waals surface area (Å²) in [7, 11) is 0. The molecular formula is C12H14BrNO2S. The highest BCUT2D eigenvalue weighted by atomic mass is 79.9. The van der Waals surface area contributed by atoms with Crippen molar-refractivity contribution in [1.29, 1.82) is 0 Å². The average molecular weight is 316 g/mol. The molecule has 92 valence electrons. The summed E-state index contributed by atoms with van der Waals surface area (Å²) in [5.41, 5.74) is 1.23. The second kappa shape index (κ2) is 5.08. The molecule has 1 unspecified atom stereocenters. The predicted octanol–water partition coefficient (Wildman–Crippen LogP) is 2.77. The molecule has 0 amide bonds. The quantitative estimate of drug-likeness (QED) is 0.929. The van der Waals surface area contributed by atoms with Crippen molar-refractivity contribution in [3.63, 3.8) is 0 Å². The van der Waals surface area contributed by atoms with E-state index in [1.54, 1.807) is 0 Å². The van der Waals surface area contributed by atoms with Gasteiger partial charge in [-0.3, -0.25) is 0 Å². The molecule has 1 atom stereocenters. The van der Waals surface area contributed by atoms with E-state index in [1.165, 1.54) is 23.5 Å². The van der Waals surface area contributed by atoms with E-state index in [1.807, 2.05) is 11.8 Å². The summed E-state index contributed by atoms with van der Waals surface area (Å²) in [6.45, 7) is 1.21. The second-order valence-corrected chi connectivity index (χ2v) is 6.26. The molecule has 0 saturated carbocycles. The van der Waals surface area contributed by atoms with Crippen LogP contribution in [0.25, 0.3) is 0 Å². The maximum Gasteiger partial charge on any atom is 0.231 e. The third-order valence-corrected chi connectivity index (χ3v) is 4.76. The van der Waals surface area contributed by atoms with Crippen LogP contribution >= 0.6 is 27.7 Å². The Morgan fingerprint density at radius 2 is 2.35 bits per heavy atom. The van der Waals surface area contributed by atoms with Crippen LogP contribution in [0.15, 0.2) is 16.6 Å². The van der Waals surface area contributed by atoms with Crippen molar-refractivity contribution in [2.24, 2.45) is 0 Å². The number of halogens is 1. The lowest BCUT2D eigenvalue weighted by molar-refractivity contribution is 0.173. The zero-order valence-corrected chi connectivity index (χ0v) is 11.8. The van der Waals surface area contributed by atoms with Gasteiger partial charge in [-0.05, 0) is 45.8 Å². The van der Waals surface area contributed by atoms with Gasteiger partial charge in [0.25, 0.3) is 0 Å². The number of nitrogens with one attached hydrogen (secondary N) is 1. The Balaban J connectivity index is 1.68. The molecule has 0 radical (unpaired) electrons. The highest BCUT2D eigenvalue weighted by Crippen LogP contribution is 2.39. The molecule has 2 aliphatic rings. The maximum atomic E-state index is 5.41. The Morgan fingerprint density at radius 1 is 1.41 bits per heavy atom. The molecule has 1 N–H and O–H groups in total. The van der Waals surface area contributed by atoms with E-state index in [2.05, 4.69) is 33.4 Å². The van der Waals surface area contributed by atoms with Crippen LogP contribution in [0.4, 0.5) is 0 Å². The topological polar surface area (TPSA) is 30.5 Å². The van der Waals surface area contributed by atoms with E-state index in [-0.39, 0.29) is 0 Å². The predicted molar refractivity (Wildman–Crippen MR) is 72.8 cm³/mol. The summed E-state index contributed by atoms with van der Waals surface area (Å²) < 4.78 is 11.8. The largest absolute Gasteiger partial charge is 0.454 e. The highest BCUT2D eigenvalue weighted by Gasteiger charge is 2.19. The lowest BCUT2D eigenvalue weighted by Crippen LogP contribution is -2.27. The van der Waals surface area contributed by atoms with Crippen LogP contribution in [-0.4, -0.2) is 24.3 Å². The summed E-state index contributed by atoms with van der Waals surface area (Å²) in [6, 6.07) is 4.81.